The summed E-state index contributed by atoms with van der Waals surface area (Å²) in [4.78, 5) is 18.0. The molecule has 2 heterocycles. The minimum atomic E-state index is -0.462. The summed E-state index contributed by atoms with van der Waals surface area (Å²) in [6.07, 6.45) is 1.34. The molecule has 0 bridgehead atoms. The number of benzene rings is 2. The van der Waals surface area contributed by atoms with Gasteiger partial charge in [-0.25, -0.2) is 5.43 Å². The second-order valence-corrected chi connectivity index (χ2v) is 5.19. The second-order valence-electron chi connectivity index (χ2n) is 5.19. The van der Waals surface area contributed by atoms with Gasteiger partial charge >= 0.3 is 0 Å². The summed E-state index contributed by atoms with van der Waals surface area (Å²) in [6, 6.07) is 14.0. The van der Waals surface area contributed by atoms with Crippen molar-refractivity contribution in [2.45, 2.75) is 0 Å². The number of nitrogens with zero attached hydrogens (tertiary/aromatic N) is 5. The van der Waals surface area contributed by atoms with Gasteiger partial charge in [0.2, 0.25) is 0 Å². The van der Waals surface area contributed by atoms with Gasteiger partial charge < -0.3 is 4.98 Å². The quantitative estimate of drug-likeness (QED) is 0.336. The highest BCUT2D eigenvalue weighted by atomic mass is 16.6. The van der Waals surface area contributed by atoms with E-state index >= 15 is 0 Å². The summed E-state index contributed by atoms with van der Waals surface area (Å²) in [7, 11) is 0. The van der Waals surface area contributed by atoms with E-state index in [1.807, 2.05) is 24.3 Å². The Hall–Kier alpha value is -3.88. The number of anilines is 1. The van der Waals surface area contributed by atoms with Gasteiger partial charge in [-0.3, -0.25) is 10.1 Å². The molecular weight excluding hydrogens is 322 g/mol. The minimum Gasteiger partial charge on any atom is -0.338 e. The first kappa shape index (κ1) is 14.7. The average Bonchev–Trinajstić information content (AvgIpc) is 3.00. The summed E-state index contributed by atoms with van der Waals surface area (Å²) < 4.78 is 0. The average molecular weight is 333 g/mol. The van der Waals surface area contributed by atoms with Gasteiger partial charge in [-0.05, 0) is 12.1 Å². The number of hydrogen-bond donors (Lipinski definition) is 2. The number of nitrogens with one attached hydrogen (secondary N) is 2. The maximum atomic E-state index is 11.0. The van der Waals surface area contributed by atoms with Gasteiger partial charge in [0.05, 0.1) is 16.7 Å². The van der Waals surface area contributed by atoms with Crippen molar-refractivity contribution in [3.8, 4) is 0 Å². The lowest BCUT2D eigenvalue weighted by Gasteiger charge is -1.98. The monoisotopic (exact) mass is 333 g/mol. The SMILES string of the molecule is O=[N+]([O-])c1ccccc1C=NNc1nnc2c(n1)[nH]c1ccccc12. The third-order valence-electron chi connectivity index (χ3n) is 3.62. The molecule has 0 fully saturated rings. The molecule has 9 heteroatoms. The molecule has 0 aliphatic carbocycles. The highest BCUT2D eigenvalue weighted by molar-refractivity contribution is 6.03. The van der Waals surface area contributed by atoms with Crippen molar-refractivity contribution in [1.82, 2.24) is 20.2 Å². The van der Waals surface area contributed by atoms with E-state index in [9.17, 15) is 10.1 Å². The molecule has 0 aliphatic heterocycles. The number of aromatic nitrogens is 4. The largest absolute Gasteiger partial charge is 0.338 e. The molecule has 2 N–H and O–H groups in total. The zero-order valence-electron chi connectivity index (χ0n) is 12.7. The van der Waals surface area contributed by atoms with Gasteiger partial charge in [-0.2, -0.15) is 10.1 Å². The molecule has 2 aromatic carbocycles. The molecule has 0 aliphatic rings. The standard InChI is InChI=1S/C16H11N7O2/c24-23(25)13-8-4-1-5-10(13)9-17-21-16-19-15-14(20-22-16)11-6-2-3-7-12(11)18-15/h1-9H,(H2,18,19,21,22). The maximum absolute atomic E-state index is 11.0. The molecule has 25 heavy (non-hydrogen) atoms. The predicted octanol–water partition coefficient (Wildman–Crippen LogP) is 2.86. The Kier molecular flexibility index (Phi) is 3.51. The van der Waals surface area contributed by atoms with Crippen LogP contribution in [0.1, 0.15) is 5.56 Å². The van der Waals surface area contributed by atoms with Crippen LogP contribution in [0.5, 0.6) is 0 Å². The molecule has 4 rings (SSSR count). The number of hydrazone groups is 1. The van der Waals surface area contributed by atoms with E-state index in [4.69, 9.17) is 0 Å². The molecule has 0 unspecified atom stereocenters. The zero-order valence-corrected chi connectivity index (χ0v) is 12.7. The van der Waals surface area contributed by atoms with Crippen LogP contribution in [0.3, 0.4) is 0 Å². The lowest BCUT2D eigenvalue weighted by molar-refractivity contribution is -0.385. The van der Waals surface area contributed by atoms with Crippen LogP contribution in [0.15, 0.2) is 53.6 Å². The van der Waals surface area contributed by atoms with E-state index in [0.717, 1.165) is 10.9 Å². The smallest absolute Gasteiger partial charge is 0.278 e. The molecule has 0 saturated heterocycles. The van der Waals surface area contributed by atoms with Crippen molar-refractivity contribution >= 4 is 39.9 Å². The van der Waals surface area contributed by atoms with Crippen LogP contribution < -0.4 is 5.43 Å². The Morgan fingerprint density at radius 2 is 1.92 bits per heavy atom. The fourth-order valence-corrected chi connectivity index (χ4v) is 2.49. The number of fused-ring (bicyclic) bond motifs is 3. The molecule has 0 saturated carbocycles. The number of nitro groups is 1. The Balaban J connectivity index is 1.61. The first-order valence-corrected chi connectivity index (χ1v) is 7.36. The van der Waals surface area contributed by atoms with E-state index in [2.05, 4.69) is 30.7 Å². The van der Waals surface area contributed by atoms with Crippen molar-refractivity contribution in [3.05, 3.63) is 64.2 Å². The summed E-state index contributed by atoms with van der Waals surface area (Å²) in [5.41, 5.74) is 5.15. The van der Waals surface area contributed by atoms with Crippen LogP contribution >= 0.6 is 0 Å². The van der Waals surface area contributed by atoms with Gasteiger partial charge in [-0.15, -0.1) is 10.2 Å². The zero-order chi connectivity index (χ0) is 17.2. The van der Waals surface area contributed by atoms with E-state index in [1.165, 1.54) is 12.3 Å². The maximum Gasteiger partial charge on any atom is 0.278 e. The van der Waals surface area contributed by atoms with Crippen molar-refractivity contribution < 1.29 is 4.92 Å². The number of H-pyrrole nitrogens is 1. The summed E-state index contributed by atoms with van der Waals surface area (Å²) in [5.74, 6) is 0.189. The lowest BCUT2D eigenvalue weighted by Crippen LogP contribution is -2.00. The van der Waals surface area contributed by atoms with Crippen molar-refractivity contribution in [2.75, 3.05) is 5.43 Å². The second kappa shape index (κ2) is 5.96. The fraction of sp³-hybridized carbons (Fsp3) is 0. The summed E-state index contributed by atoms with van der Waals surface area (Å²) >= 11 is 0. The number of rotatable bonds is 4. The molecular formula is C16H11N7O2. The topological polar surface area (TPSA) is 122 Å². The number of nitro benzene ring substituents is 1. The van der Waals surface area contributed by atoms with Crippen molar-refractivity contribution in [2.24, 2.45) is 5.10 Å². The van der Waals surface area contributed by atoms with Gasteiger partial charge in [0.1, 0.15) is 5.52 Å². The van der Waals surface area contributed by atoms with E-state index in [0.29, 0.717) is 16.7 Å². The summed E-state index contributed by atoms with van der Waals surface area (Å²) in [6.45, 7) is 0. The first-order valence-electron chi connectivity index (χ1n) is 7.36. The van der Waals surface area contributed by atoms with Crippen LogP contribution in [0.4, 0.5) is 11.6 Å². The van der Waals surface area contributed by atoms with Crippen molar-refractivity contribution in [1.29, 1.82) is 0 Å². The first-order chi connectivity index (χ1) is 12.2. The number of hydrogen-bond acceptors (Lipinski definition) is 7. The van der Waals surface area contributed by atoms with E-state index in [1.54, 1.807) is 18.2 Å². The third-order valence-corrected chi connectivity index (χ3v) is 3.62. The molecule has 122 valence electrons. The Bertz CT molecular complexity index is 1120. The van der Waals surface area contributed by atoms with Crippen LogP contribution in [0.2, 0.25) is 0 Å². The van der Waals surface area contributed by atoms with Gasteiger partial charge in [0, 0.05) is 17.0 Å². The molecule has 9 nitrogen and oxygen atoms in total. The van der Waals surface area contributed by atoms with Crippen LogP contribution in [0, 0.1) is 10.1 Å². The number of aromatic amines is 1. The highest BCUT2D eigenvalue weighted by Gasteiger charge is 2.10. The Morgan fingerprint density at radius 3 is 2.80 bits per heavy atom. The minimum absolute atomic E-state index is 0.0295. The van der Waals surface area contributed by atoms with E-state index < -0.39 is 4.92 Å². The highest BCUT2D eigenvalue weighted by Crippen LogP contribution is 2.21. The van der Waals surface area contributed by atoms with Gasteiger partial charge in [0.15, 0.2) is 5.65 Å². The fourth-order valence-electron chi connectivity index (χ4n) is 2.49. The van der Waals surface area contributed by atoms with Crippen LogP contribution in [-0.2, 0) is 0 Å². The molecule has 0 atom stereocenters. The molecule has 0 spiro atoms. The van der Waals surface area contributed by atoms with Crippen molar-refractivity contribution in [3.63, 3.8) is 0 Å². The van der Waals surface area contributed by atoms with E-state index in [-0.39, 0.29) is 11.6 Å². The van der Waals surface area contributed by atoms with Gasteiger partial charge in [-0.1, -0.05) is 30.3 Å². The molecule has 0 amide bonds. The van der Waals surface area contributed by atoms with Crippen LogP contribution in [0.25, 0.3) is 22.1 Å². The molecule has 4 aromatic rings. The molecule has 0 radical (unpaired) electrons. The Morgan fingerprint density at radius 1 is 1.12 bits per heavy atom. The lowest BCUT2D eigenvalue weighted by atomic mass is 10.2. The number of para-hydroxylation sites is 2. The summed E-state index contributed by atoms with van der Waals surface area (Å²) in [5, 5.41) is 24.0. The Labute approximate surface area is 140 Å². The van der Waals surface area contributed by atoms with Gasteiger partial charge in [0.25, 0.3) is 11.6 Å². The van der Waals surface area contributed by atoms with Crippen LogP contribution in [-0.4, -0.2) is 31.3 Å². The predicted molar refractivity (Wildman–Crippen MR) is 93.5 cm³/mol. The third kappa shape index (κ3) is 2.74. The normalized spacial score (nSPS) is 11.4. The molecule has 2 aromatic heterocycles.